The monoisotopic (exact) mass is 395 g/mol. The molecule has 9 nitrogen and oxygen atoms in total. The van der Waals surface area contributed by atoms with Gasteiger partial charge in [0.05, 0.1) is 41.1 Å². The van der Waals surface area contributed by atoms with Crippen molar-refractivity contribution in [3.63, 3.8) is 0 Å². The predicted molar refractivity (Wildman–Crippen MR) is 104 cm³/mol. The van der Waals surface area contributed by atoms with Crippen molar-refractivity contribution in [1.82, 2.24) is 9.80 Å². The van der Waals surface area contributed by atoms with Crippen molar-refractivity contribution in [1.29, 1.82) is 0 Å². The molecule has 0 saturated carbocycles. The number of anilines is 1. The quantitative estimate of drug-likeness (QED) is 0.662. The van der Waals surface area contributed by atoms with Crippen LogP contribution < -0.4 is 19.5 Å². The molecule has 1 saturated heterocycles. The Morgan fingerprint density at radius 3 is 2.21 bits per heavy atom. The maximum absolute atomic E-state index is 12.5. The van der Waals surface area contributed by atoms with Gasteiger partial charge < -0.3 is 29.2 Å². The number of morpholine rings is 1. The molecule has 9 heteroatoms. The summed E-state index contributed by atoms with van der Waals surface area (Å²) in [5.41, 5.74) is 0.496. The second kappa shape index (κ2) is 10.7. The van der Waals surface area contributed by atoms with Crippen LogP contribution in [0.5, 0.6) is 17.2 Å². The molecular formula is C19H29N3O6. The molecule has 1 aliphatic rings. The molecule has 0 spiro atoms. The molecule has 2 rings (SSSR count). The molecule has 1 heterocycles. The molecule has 1 aliphatic heterocycles. The molecular weight excluding hydrogens is 366 g/mol. The molecule has 2 amide bonds. The summed E-state index contributed by atoms with van der Waals surface area (Å²) in [6.45, 7) is 5.69. The van der Waals surface area contributed by atoms with E-state index in [2.05, 4.69) is 10.2 Å². The van der Waals surface area contributed by atoms with E-state index in [1.165, 1.54) is 33.2 Å². The van der Waals surface area contributed by atoms with Gasteiger partial charge in [-0.05, 0) is 0 Å². The van der Waals surface area contributed by atoms with Gasteiger partial charge in [-0.3, -0.25) is 14.5 Å². The molecule has 0 aliphatic carbocycles. The van der Waals surface area contributed by atoms with Crippen molar-refractivity contribution in [2.75, 3.05) is 72.6 Å². The van der Waals surface area contributed by atoms with Crippen LogP contribution in [0.15, 0.2) is 12.1 Å². The lowest BCUT2D eigenvalue weighted by atomic mass is 10.2. The number of nitrogens with one attached hydrogen (secondary N) is 1. The van der Waals surface area contributed by atoms with Crippen LogP contribution in [0.3, 0.4) is 0 Å². The van der Waals surface area contributed by atoms with Gasteiger partial charge >= 0.3 is 0 Å². The highest BCUT2D eigenvalue weighted by molar-refractivity contribution is 5.94. The zero-order valence-corrected chi connectivity index (χ0v) is 16.9. The van der Waals surface area contributed by atoms with Crippen LogP contribution in [0.2, 0.25) is 0 Å². The van der Waals surface area contributed by atoms with E-state index < -0.39 is 0 Å². The first-order chi connectivity index (χ1) is 13.5. The molecule has 0 bridgehead atoms. The Morgan fingerprint density at radius 2 is 1.71 bits per heavy atom. The van der Waals surface area contributed by atoms with E-state index in [-0.39, 0.29) is 18.4 Å². The first-order valence-electron chi connectivity index (χ1n) is 9.14. The summed E-state index contributed by atoms with van der Waals surface area (Å²) in [7, 11) is 4.52. The third-order valence-electron chi connectivity index (χ3n) is 4.52. The lowest BCUT2D eigenvalue weighted by molar-refractivity contribution is -0.133. The Hall–Kier alpha value is -2.52. The van der Waals surface area contributed by atoms with Gasteiger partial charge in [0.2, 0.25) is 17.6 Å². The van der Waals surface area contributed by atoms with Crippen molar-refractivity contribution in [3.05, 3.63) is 12.1 Å². The fraction of sp³-hybridized carbons (Fsp3) is 0.579. The standard InChI is InChI=1S/C19H29N3O6/c1-14(23)22(6-5-21-7-9-28-10-8-21)13-18(24)20-15-11-16(25-2)19(27-4)17(12-15)26-3/h11-12H,5-10,13H2,1-4H3,(H,20,24). The number of carbonyl (C=O) groups excluding carboxylic acids is 2. The highest BCUT2D eigenvalue weighted by Crippen LogP contribution is 2.39. The SMILES string of the molecule is COc1cc(NC(=O)CN(CCN2CCOCC2)C(C)=O)cc(OC)c1OC. The normalized spacial score (nSPS) is 14.3. The van der Waals surface area contributed by atoms with Crippen molar-refractivity contribution < 1.29 is 28.5 Å². The Morgan fingerprint density at radius 1 is 1.11 bits per heavy atom. The molecule has 156 valence electrons. The van der Waals surface area contributed by atoms with Gasteiger partial charge in [-0.2, -0.15) is 0 Å². The first kappa shape index (κ1) is 21.8. The summed E-state index contributed by atoms with van der Waals surface area (Å²) >= 11 is 0. The molecule has 0 atom stereocenters. The van der Waals surface area contributed by atoms with Crippen LogP contribution in [0.1, 0.15) is 6.92 Å². The largest absolute Gasteiger partial charge is 0.493 e. The second-order valence-electron chi connectivity index (χ2n) is 6.36. The maximum atomic E-state index is 12.5. The van der Waals surface area contributed by atoms with Crippen LogP contribution in [0.25, 0.3) is 0 Å². The van der Waals surface area contributed by atoms with Crippen LogP contribution in [-0.4, -0.2) is 88.9 Å². The van der Waals surface area contributed by atoms with Gasteiger partial charge in [0.25, 0.3) is 0 Å². The van der Waals surface area contributed by atoms with Crippen molar-refractivity contribution >= 4 is 17.5 Å². The number of hydrogen-bond acceptors (Lipinski definition) is 7. The van der Waals surface area contributed by atoms with Crippen molar-refractivity contribution in [2.45, 2.75) is 6.92 Å². The zero-order valence-electron chi connectivity index (χ0n) is 16.9. The van der Waals surface area contributed by atoms with Gasteiger partial charge in [0.1, 0.15) is 0 Å². The molecule has 1 fully saturated rings. The van der Waals surface area contributed by atoms with E-state index in [4.69, 9.17) is 18.9 Å². The summed E-state index contributed by atoms with van der Waals surface area (Å²) in [5.74, 6) is 0.874. The summed E-state index contributed by atoms with van der Waals surface area (Å²) in [4.78, 5) is 28.2. The van der Waals surface area contributed by atoms with E-state index in [1.54, 1.807) is 12.1 Å². The molecule has 0 radical (unpaired) electrons. The fourth-order valence-electron chi connectivity index (χ4n) is 2.96. The minimum atomic E-state index is -0.300. The minimum Gasteiger partial charge on any atom is -0.493 e. The van der Waals surface area contributed by atoms with Gasteiger partial charge in [-0.1, -0.05) is 0 Å². The summed E-state index contributed by atoms with van der Waals surface area (Å²) in [6.07, 6.45) is 0. The van der Waals surface area contributed by atoms with E-state index >= 15 is 0 Å². The van der Waals surface area contributed by atoms with E-state index in [0.717, 1.165) is 13.1 Å². The Kier molecular flexibility index (Phi) is 8.34. The number of benzene rings is 1. The van der Waals surface area contributed by atoms with Crippen LogP contribution in [0.4, 0.5) is 5.69 Å². The third kappa shape index (κ3) is 6.00. The molecule has 1 aromatic rings. The number of amides is 2. The van der Waals surface area contributed by atoms with Crippen LogP contribution in [-0.2, 0) is 14.3 Å². The summed E-state index contributed by atoms with van der Waals surface area (Å²) in [5, 5.41) is 2.78. The van der Waals surface area contributed by atoms with Gasteiger partial charge in [-0.15, -0.1) is 0 Å². The maximum Gasteiger partial charge on any atom is 0.244 e. The van der Waals surface area contributed by atoms with E-state index in [1.807, 2.05) is 0 Å². The molecule has 28 heavy (non-hydrogen) atoms. The highest BCUT2D eigenvalue weighted by atomic mass is 16.5. The number of hydrogen-bond donors (Lipinski definition) is 1. The predicted octanol–water partition coefficient (Wildman–Crippen LogP) is 0.832. The third-order valence-corrected chi connectivity index (χ3v) is 4.52. The lowest BCUT2D eigenvalue weighted by Gasteiger charge is -2.29. The van der Waals surface area contributed by atoms with Gasteiger partial charge in [0, 0.05) is 50.9 Å². The Labute approximate surface area is 165 Å². The number of carbonyl (C=O) groups is 2. The highest BCUT2D eigenvalue weighted by Gasteiger charge is 2.18. The second-order valence-corrected chi connectivity index (χ2v) is 6.36. The van der Waals surface area contributed by atoms with Crippen LogP contribution in [0, 0.1) is 0 Å². The van der Waals surface area contributed by atoms with E-state index in [0.29, 0.717) is 49.2 Å². The Bertz CT molecular complexity index is 651. The number of rotatable bonds is 9. The lowest BCUT2D eigenvalue weighted by Crippen LogP contribution is -2.44. The fourth-order valence-corrected chi connectivity index (χ4v) is 2.96. The van der Waals surface area contributed by atoms with Crippen LogP contribution >= 0.6 is 0 Å². The van der Waals surface area contributed by atoms with Crippen molar-refractivity contribution in [3.8, 4) is 17.2 Å². The summed E-state index contributed by atoms with van der Waals surface area (Å²) < 4.78 is 21.2. The molecule has 0 unspecified atom stereocenters. The molecule has 1 N–H and O–H groups in total. The number of methoxy groups -OCH3 is 3. The van der Waals surface area contributed by atoms with Gasteiger partial charge in [-0.25, -0.2) is 0 Å². The first-order valence-corrected chi connectivity index (χ1v) is 9.14. The zero-order chi connectivity index (χ0) is 20.5. The Balaban J connectivity index is 1.99. The minimum absolute atomic E-state index is 0.0314. The number of nitrogens with zero attached hydrogens (tertiary/aromatic N) is 2. The molecule has 0 aromatic heterocycles. The molecule has 1 aromatic carbocycles. The smallest absolute Gasteiger partial charge is 0.244 e. The average Bonchev–Trinajstić information content (AvgIpc) is 2.70. The van der Waals surface area contributed by atoms with Gasteiger partial charge in [0.15, 0.2) is 11.5 Å². The van der Waals surface area contributed by atoms with E-state index in [9.17, 15) is 9.59 Å². The topological polar surface area (TPSA) is 89.6 Å². The van der Waals surface area contributed by atoms with Crippen molar-refractivity contribution in [2.24, 2.45) is 0 Å². The number of ether oxygens (including phenoxy) is 4. The summed E-state index contributed by atoms with van der Waals surface area (Å²) in [6, 6.07) is 3.29. The average molecular weight is 395 g/mol.